The Kier molecular flexibility index (Phi) is 3.84. The average molecular weight is 288 g/mol. The Labute approximate surface area is 119 Å². The maximum absolute atomic E-state index is 11.5. The lowest BCUT2D eigenvalue weighted by atomic mass is 9.92. The molecule has 108 valence electrons. The number of aromatic carboxylic acids is 2. The Bertz CT molecular complexity index is 710. The van der Waals surface area contributed by atoms with Gasteiger partial charge in [-0.25, -0.2) is 19.6 Å². The maximum Gasteiger partial charge on any atom is 0.336 e. The number of nitrogens with zero attached hydrogens (tertiary/aromatic N) is 2. The fourth-order valence-electron chi connectivity index (χ4n) is 2.01. The summed E-state index contributed by atoms with van der Waals surface area (Å²) in [6, 6.07) is 2.94. The summed E-state index contributed by atoms with van der Waals surface area (Å²) >= 11 is 0. The van der Waals surface area contributed by atoms with Crippen molar-refractivity contribution in [3.63, 3.8) is 0 Å². The largest absolute Gasteiger partial charge is 0.478 e. The van der Waals surface area contributed by atoms with Gasteiger partial charge >= 0.3 is 17.9 Å². The molecule has 2 N–H and O–H groups in total. The average Bonchev–Trinajstić information content (AvgIpc) is 2.46. The van der Waals surface area contributed by atoms with E-state index in [-0.39, 0.29) is 22.7 Å². The number of carbonyl (C=O) groups is 2. The molecule has 0 spiro atoms. The number of ether oxygens (including phenoxy) is 1. The zero-order valence-electron chi connectivity index (χ0n) is 11.3. The lowest BCUT2D eigenvalue weighted by molar-refractivity contribution is 0.0695. The van der Waals surface area contributed by atoms with E-state index in [4.69, 9.17) is 4.74 Å². The number of carboxylic acids is 2. The molecule has 1 aromatic heterocycles. The van der Waals surface area contributed by atoms with Crippen LogP contribution in [-0.2, 0) is 0 Å². The van der Waals surface area contributed by atoms with Crippen LogP contribution in [0.25, 0.3) is 11.1 Å². The van der Waals surface area contributed by atoms with Crippen molar-refractivity contribution in [2.75, 3.05) is 7.11 Å². The van der Waals surface area contributed by atoms with Gasteiger partial charge in [-0.3, -0.25) is 0 Å². The lowest BCUT2D eigenvalue weighted by Crippen LogP contribution is -2.09. The normalized spacial score (nSPS) is 10.2. The van der Waals surface area contributed by atoms with E-state index in [9.17, 15) is 19.8 Å². The minimum atomic E-state index is -1.22. The molecule has 1 heterocycles. The number of aromatic nitrogens is 2. The van der Waals surface area contributed by atoms with Crippen LogP contribution in [0.2, 0.25) is 0 Å². The van der Waals surface area contributed by atoms with Gasteiger partial charge in [0.1, 0.15) is 0 Å². The summed E-state index contributed by atoms with van der Waals surface area (Å²) in [6.45, 7) is 1.60. The summed E-state index contributed by atoms with van der Waals surface area (Å²) in [7, 11) is 1.40. The lowest BCUT2D eigenvalue weighted by Gasteiger charge is -2.12. The molecule has 21 heavy (non-hydrogen) atoms. The van der Waals surface area contributed by atoms with Crippen molar-refractivity contribution >= 4 is 11.9 Å². The van der Waals surface area contributed by atoms with Crippen molar-refractivity contribution < 1.29 is 24.5 Å². The number of methoxy groups -OCH3 is 1. The molecule has 2 rings (SSSR count). The van der Waals surface area contributed by atoms with Crippen LogP contribution in [-0.4, -0.2) is 39.2 Å². The molecule has 1 aromatic carbocycles. The summed E-state index contributed by atoms with van der Waals surface area (Å²) in [4.78, 5) is 30.6. The fourth-order valence-corrected chi connectivity index (χ4v) is 2.01. The zero-order chi connectivity index (χ0) is 15.6. The molecule has 0 unspecified atom stereocenters. The fraction of sp³-hybridized carbons (Fsp3) is 0.143. The molecule has 0 fully saturated rings. The van der Waals surface area contributed by atoms with Crippen LogP contribution in [0, 0.1) is 6.92 Å². The van der Waals surface area contributed by atoms with E-state index in [0.717, 1.165) is 0 Å². The highest BCUT2D eigenvalue weighted by Gasteiger charge is 2.22. The number of rotatable bonds is 4. The highest BCUT2D eigenvalue weighted by atomic mass is 16.5. The van der Waals surface area contributed by atoms with E-state index in [1.807, 2.05) is 0 Å². The molecule has 0 atom stereocenters. The second-order valence-corrected chi connectivity index (χ2v) is 4.25. The molecule has 0 amide bonds. The summed E-state index contributed by atoms with van der Waals surface area (Å²) in [6.07, 6.45) is 2.67. The molecule has 7 heteroatoms. The molecular weight excluding hydrogens is 276 g/mol. The molecule has 0 aliphatic rings. The Balaban J connectivity index is 2.76. The van der Waals surface area contributed by atoms with Crippen LogP contribution in [0.5, 0.6) is 6.01 Å². The number of benzene rings is 1. The van der Waals surface area contributed by atoms with Crippen molar-refractivity contribution in [1.82, 2.24) is 9.97 Å². The second-order valence-electron chi connectivity index (χ2n) is 4.25. The van der Waals surface area contributed by atoms with Gasteiger partial charge in [0.15, 0.2) is 0 Å². The molecule has 0 aliphatic heterocycles. The van der Waals surface area contributed by atoms with Gasteiger partial charge in [0.2, 0.25) is 0 Å². The van der Waals surface area contributed by atoms with Crippen LogP contribution < -0.4 is 4.74 Å². The van der Waals surface area contributed by atoms with Crippen molar-refractivity contribution in [2.24, 2.45) is 0 Å². The van der Waals surface area contributed by atoms with E-state index < -0.39 is 11.9 Å². The molecule has 0 saturated carbocycles. The molecule has 0 saturated heterocycles. The molecular formula is C14H12N2O5. The highest BCUT2D eigenvalue weighted by Crippen LogP contribution is 2.30. The van der Waals surface area contributed by atoms with Crippen molar-refractivity contribution in [3.8, 4) is 17.1 Å². The van der Waals surface area contributed by atoms with Gasteiger partial charge in [-0.15, -0.1) is 0 Å². The van der Waals surface area contributed by atoms with Gasteiger partial charge in [0.05, 0.1) is 18.2 Å². The SMILES string of the molecule is COc1ncc(-c2c(C(=O)O)ccc(C)c2C(=O)O)cn1. The topological polar surface area (TPSA) is 110 Å². The standard InChI is InChI=1S/C14H12N2O5/c1-7-3-4-9(12(17)18)11(10(7)13(19)20)8-5-15-14(21-2)16-6-8/h3-6H,1-2H3,(H,17,18)(H,19,20). The van der Waals surface area contributed by atoms with Gasteiger partial charge < -0.3 is 14.9 Å². The third-order valence-corrected chi connectivity index (χ3v) is 2.96. The quantitative estimate of drug-likeness (QED) is 0.883. The van der Waals surface area contributed by atoms with E-state index in [2.05, 4.69) is 9.97 Å². The van der Waals surface area contributed by atoms with Crippen molar-refractivity contribution in [2.45, 2.75) is 6.92 Å². The van der Waals surface area contributed by atoms with Gasteiger partial charge in [-0.1, -0.05) is 6.07 Å². The van der Waals surface area contributed by atoms with E-state index in [0.29, 0.717) is 11.1 Å². The smallest absolute Gasteiger partial charge is 0.336 e. The van der Waals surface area contributed by atoms with E-state index in [1.54, 1.807) is 6.92 Å². The molecule has 7 nitrogen and oxygen atoms in total. The van der Waals surface area contributed by atoms with Crippen molar-refractivity contribution in [3.05, 3.63) is 41.2 Å². The van der Waals surface area contributed by atoms with Crippen LogP contribution in [0.4, 0.5) is 0 Å². The van der Waals surface area contributed by atoms with Crippen molar-refractivity contribution in [1.29, 1.82) is 0 Å². The van der Waals surface area contributed by atoms with Crippen LogP contribution >= 0.6 is 0 Å². The summed E-state index contributed by atoms with van der Waals surface area (Å²) in [5.41, 5.74) is 0.640. The molecule has 0 radical (unpaired) electrons. The first-order valence-electron chi connectivity index (χ1n) is 5.92. The third-order valence-electron chi connectivity index (χ3n) is 2.96. The molecule has 0 aliphatic carbocycles. The Morgan fingerprint density at radius 2 is 1.71 bits per heavy atom. The zero-order valence-corrected chi connectivity index (χ0v) is 11.3. The van der Waals surface area contributed by atoms with Gasteiger partial charge in [0, 0.05) is 23.5 Å². The highest BCUT2D eigenvalue weighted by molar-refractivity contribution is 6.05. The second kappa shape index (κ2) is 5.58. The molecule has 0 bridgehead atoms. The van der Waals surface area contributed by atoms with Gasteiger partial charge in [-0.05, 0) is 18.6 Å². The van der Waals surface area contributed by atoms with E-state index >= 15 is 0 Å². The number of aryl methyl sites for hydroxylation is 1. The Morgan fingerprint density at radius 1 is 1.10 bits per heavy atom. The Morgan fingerprint density at radius 3 is 2.19 bits per heavy atom. The minimum absolute atomic E-state index is 0.0799. The number of carboxylic acid groups (broad SMARTS) is 2. The minimum Gasteiger partial charge on any atom is -0.478 e. The summed E-state index contributed by atoms with van der Waals surface area (Å²) < 4.78 is 4.83. The van der Waals surface area contributed by atoms with Crippen LogP contribution in [0.3, 0.4) is 0 Å². The maximum atomic E-state index is 11.5. The predicted molar refractivity (Wildman–Crippen MR) is 72.7 cm³/mol. The third kappa shape index (κ3) is 2.66. The first kappa shape index (κ1) is 14.4. The predicted octanol–water partition coefficient (Wildman–Crippen LogP) is 1.86. The van der Waals surface area contributed by atoms with Crippen LogP contribution in [0.1, 0.15) is 26.3 Å². The first-order chi connectivity index (χ1) is 9.95. The number of hydrogen-bond acceptors (Lipinski definition) is 5. The van der Waals surface area contributed by atoms with Gasteiger partial charge in [0.25, 0.3) is 0 Å². The summed E-state index contributed by atoms with van der Waals surface area (Å²) in [5, 5.41) is 18.6. The Hall–Kier alpha value is -2.96. The first-order valence-corrected chi connectivity index (χ1v) is 5.92. The summed E-state index contributed by atoms with van der Waals surface area (Å²) in [5.74, 6) is -2.43. The van der Waals surface area contributed by atoms with Gasteiger partial charge in [-0.2, -0.15) is 0 Å². The van der Waals surface area contributed by atoms with E-state index in [1.165, 1.54) is 31.6 Å². The monoisotopic (exact) mass is 288 g/mol. The number of hydrogen-bond donors (Lipinski definition) is 2. The van der Waals surface area contributed by atoms with Crippen LogP contribution in [0.15, 0.2) is 24.5 Å². The molecule has 2 aromatic rings.